The number of thiazole rings is 1. The van der Waals surface area contributed by atoms with Gasteiger partial charge in [-0.25, -0.2) is 8.42 Å². The van der Waals surface area contributed by atoms with E-state index in [9.17, 15) is 13.2 Å². The molecule has 0 aliphatic heterocycles. The first kappa shape index (κ1) is 29.0. The van der Waals surface area contributed by atoms with Gasteiger partial charge in [0.15, 0.2) is 4.80 Å². The fourth-order valence-corrected chi connectivity index (χ4v) is 6.09. The molecule has 0 bridgehead atoms. The van der Waals surface area contributed by atoms with E-state index in [1.54, 1.807) is 7.11 Å². The summed E-state index contributed by atoms with van der Waals surface area (Å²) in [7, 11) is 0.855. The van der Waals surface area contributed by atoms with Gasteiger partial charge in [-0.15, -0.1) is 0 Å². The number of carbonyl (C=O) groups is 1. The number of benzene rings is 2. The molecule has 2 aromatic carbocycles. The smallest absolute Gasteiger partial charge is 0.279 e. The molecular formula is C25H33N3O7S2. The number of hydrogen-bond donors (Lipinski definition) is 0. The van der Waals surface area contributed by atoms with E-state index in [2.05, 4.69) is 4.99 Å². The molecule has 3 aromatic rings. The highest BCUT2D eigenvalue weighted by Crippen LogP contribution is 2.24. The van der Waals surface area contributed by atoms with Crippen molar-refractivity contribution in [2.45, 2.75) is 18.4 Å². The van der Waals surface area contributed by atoms with Gasteiger partial charge in [0, 0.05) is 46.5 Å². The molecule has 10 nitrogen and oxygen atoms in total. The number of ether oxygens (including phenoxy) is 4. The molecular weight excluding hydrogens is 518 g/mol. The van der Waals surface area contributed by atoms with Gasteiger partial charge in [0.1, 0.15) is 5.75 Å². The summed E-state index contributed by atoms with van der Waals surface area (Å²) in [6.45, 7) is 4.34. The van der Waals surface area contributed by atoms with E-state index in [0.717, 1.165) is 16.0 Å². The second kappa shape index (κ2) is 13.8. The molecule has 0 spiro atoms. The molecule has 0 unspecified atom stereocenters. The summed E-state index contributed by atoms with van der Waals surface area (Å²) in [5.41, 5.74) is 1.20. The highest BCUT2D eigenvalue weighted by molar-refractivity contribution is 7.89. The molecule has 12 heteroatoms. The Kier molecular flexibility index (Phi) is 10.8. The minimum atomic E-state index is -3.79. The topological polar surface area (TPSA) is 109 Å². The van der Waals surface area contributed by atoms with Gasteiger partial charge in [0.05, 0.1) is 41.5 Å². The number of methoxy groups -OCH3 is 3. The third-order valence-corrected chi connectivity index (χ3v) is 8.46. The van der Waals surface area contributed by atoms with Crippen molar-refractivity contribution < 1.29 is 32.2 Å². The summed E-state index contributed by atoms with van der Waals surface area (Å²) < 4.78 is 51.3. The van der Waals surface area contributed by atoms with Crippen molar-refractivity contribution in [3.05, 3.63) is 52.8 Å². The van der Waals surface area contributed by atoms with Crippen LogP contribution in [0.5, 0.6) is 5.75 Å². The summed E-state index contributed by atoms with van der Waals surface area (Å²) >= 11 is 1.38. The van der Waals surface area contributed by atoms with Crippen molar-refractivity contribution in [2.24, 2.45) is 4.99 Å². The standard InChI is InChI=1S/C25H33N3O7S2/c1-5-35-20-8-11-22-23(18-20)36-25(28(22)14-17-34-4)26-24(29)19-6-9-21(10-7-19)37(30,31)27(12-15-32-2)13-16-33-3/h6-11,18H,5,12-17H2,1-4H3. The number of nitrogens with zero attached hydrogens (tertiary/aromatic N) is 3. The number of sulfonamides is 1. The van der Waals surface area contributed by atoms with Crippen LogP contribution in [0.2, 0.25) is 0 Å². The fourth-order valence-electron chi connectivity index (χ4n) is 3.60. The molecule has 202 valence electrons. The molecule has 0 N–H and O–H groups in total. The molecule has 37 heavy (non-hydrogen) atoms. The Morgan fingerprint density at radius 2 is 1.62 bits per heavy atom. The first-order chi connectivity index (χ1) is 17.8. The number of rotatable bonds is 14. The predicted octanol–water partition coefficient (Wildman–Crippen LogP) is 2.77. The second-order valence-corrected chi connectivity index (χ2v) is 10.9. The van der Waals surface area contributed by atoms with Gasteiger partial charge in [0.2, 0.25) is 10.0 Å². The van der Waals surface area contributed by atoms with E-state index in [4.69, 9.17) is 18.9 Å². The Hall–Kier alpha value is -2.61. The Bertz CT molecular complexity index is 1340. The lowest BCUT2D eigenvalue weighted by Gasteiger charge is -2.21. The van der Waals surface area contributed by atoms with Crippen LogP contribution in [-0.4, -0.2) is 84.0 Å². The molecule has 3 rings (SSSR count). The van der Waals surface area contributed by atoms with Gasteiger partial charge < -0.3 is 23.5 Å². The van der Waals surface area contributed by atoms with Gasteiger partial charge in [-0.1, -0.05) is 11.3 Å². The maximum atomic E-state index is 13.1. The zero-order valence-corrected chi connectivity index (χ0v) is 23.1. The highest BCUT2D eigenvalue weighted by Gasteiger charge is 2.24. The first-order valence-corrected chi connectivity index (χ1v) is 14.0. The second-order valence-electron chi connectivity index (χ2n) is 7.92. The van der Waals surface area contributed by atoms with E-state index in [0.29, 0.717) is 24.6 Å². The van der Waals surface area contributed by atoms with Crippen molar-refractivity contribution in [1.29, 1.82) is 0 Å². The minimum absolute atomic E-state index is 0.0803. The number of carbonyl (C=O) groups excluding carboxylic acids is 1. The molecule has 0 saturated heterocycles. The zero-order chi connectivity index (χ0) is 26.8. The van der Waals surface area contributed by atoms with E-state index < -0.39 is 15.9 Å². The van der Waals surface area contributed by atoms with Crippen LogP contribution in [0.4, 0.5) is 0 Å². The lowest BCUT2D eigenvalue weighted by Crippen LogP contribution is -2.36. The van der Waals surface area contributed by atoms with Gasteiger partial charge in [-0.3, -0.25) is 4.79 Å². The molecule has 0 aliphatic rings. The Morgan fingerprint density at radius 3 is 2.22 bits per heavy atom. The quantitative estimate of drug-likeness (QED) is 0.303. The summed E-state index contributed by atoms with van der Waals surface area (Å²) in [5.74, 6) is 0.275. The van der Waals surface area contributed by atoms with Gasteiger partial charge in [0.25, 0.3) is 5.91 Å². The molecule has 1 amide bonds. The van der Waals surface area contributed by atoms with E-state index in [1.807, 2.05) is 29.7 Å². The molecule has 0 fully saturated rings. The Labute approximate surface area is 221 Å². The molecule has 0 aliphatic carbocycles. The van der Waals surface area contributed by atoms with Crippen molar-refractivity contribution in [3.8, 4) is 5.75 Å². The van der Waals surface area contributed by atoms with Crippen LogP contribution >= 0.6 is 11.3 Å². The van der Waals surface area contributed by atoms with Gasteiger partial charge >= 0.3 is 0 Å². The SMILES string of the molecule is CCOc1ccc2c(c1)sc(=NC(=O)c1ccc(S(=O)(=O)N(CCOC)CCOC)cc1)n2CCOC. The molecule has 0 radical (unpaired) electrons. The van der Waals surface area contributed by atoms with Gasteiger partial charge in [-0.2, -0.15) is 9.30 Å². The molecule has 0 atom stereocenters. The average molecular weight is 552 g/mol. The Morgan fingerprint density at radius 1 is 0.973 bits per heavy atom. The summed E-state index contributed by atoms with van der Waals surface area (Å²) in [6, 6.07) is 11.5. The largest absolute Gasteiger partial charge is 0.494 e. The van der Waals surface area contributed by atoms with Crippen molar-refractivity contribution in [3.63, 3.8) is 0 Å². The monoisotopic (exact) mass is 551 g/mol. The molecule has 0 saturated carbocycles. The van der Waals surface area contributed by atoms with Crippen LogP contribution < -0.4 is 9.54 Å². The number of hydrogen-bond acceptors (Lipinski definition) is 8. The van der Waals surface area contributed by atoms with E-state index in [-0.39, 0.29) is 36.8 Å². The minimum Gasteiger partial charge on any atom is -0.494 e. The lowest BCUT2D eigenvalue weighted by atomic mass is 10.2. The van der Waals surface area contributed by atoms with Crippen molar-refractivity contribution in [2.75, 3.05) is 60.8 Å². The normalized spacial score (nSPS) is 12.5. The first-order valence-electron chi connectivity index (χ1n) is 11.8. The Balaban J connectivity index is 1.92. The van der Waals surface area contributed by atoms with Crippen LogP contribution in [-0.2, 0) is 30.8 Å². The summed E-state index contributed by atoms with van der Waals surface area (Å²) in [6.07, 6.45) is 0. The van der Waals surface area contributed by atoms with E-state index in [1.165, 1.54) is 54.1 Å². The zero-order valence-electron chi connectivity index (χ0n) is 21.5. The number of fused-ring (bicyclic) bond motifs is 1. The number of amides is 1. The lowest BCUT2D eigenvalue weighted by molar-refractivity contribution is 0.0997. The van der Waals surface area contributed by atoms with Crippen LogP contribution in [0.25, 0.3) is 10.2 Å². The molecule has 1 aromatic heterocycles. The highest BCUT2D eigenvalue weighted by atomic mass is 32.2. The third-order valence-electron chi connectivity index (χ3n) is 5.51. The third kappa shape index (κ3) is 7.24. The van der Waals surface area contributed by atoms with Crippen LogP contribution in [0.1, 0.15) is 17.3 Å². The summed E-state index contributed by atoms with van der Waals surface area (Å²) in [5, 5.41) is 0. The van der Waals surface area contributed by atoms with Gasteiger partial charge in [-0.05, 0) is 49.4 Å². The van der Waals surface area contributed by atoms with Crippen LogP contribution in [0.3, 0.4) is 0 Å². The maximum Gasteiger partial charge on any atom is 0.279 e. The predicted molar refractivity (Wildman–Crippen MR) is 142 cm³/mol. The average Bonchev–Trinajstić information content (AvgIpc) is 3.23. The van der Waals surface area contributed by atoms with E-state index >= 15 is 0 Å². The van der Waals surface area contributed by atoms with Crippen molar-refractivity contribution in [1.82, 2.24) is 8.87 Å². The van der Waals surface area contributed by atoms with Crippen LogP contribution in [0.15, 0.2) is 52.4 Å². The number of aromatic nitrogens is 1. The molecule has 1 heterocycles. The maximum absolute atomic E-state index is 13.1. The van der Waals surface area contributed by atoms with Crippen molar-refractivity contribution >= 4 is 37.5 Å². The van der Waals surface area contributed by atoms with Crippen LogP contribution in [0, 0.1) is 0 Å². The fraction of sp³-hybridized carbons (Fsp3) is 0.440. The summed E-state index contributed by atoms with van der Waals surface area (Å²) in [4.78, 5) is 18.0.